The van der Waals surface area contributed by atoms with Gasteiger partial charge in [0.15, 0.2) is 0 Å². The second-order valence-electron chi connectivity index (χ2n) is 5.17. The van der Waals surface area contributed by atoms with Gasteiger partial charge in [-0.15, -0.1) is 0 Å². The molecule has 0 saturated carbocycles. The highest BCUT2D eigenvalue weighted by Gasteiger charge is 2.39. The summed E-state index contributed by atoms with van der Waals surface area (Å²) in [6.45, 7) is 2.93. The summed E-state index contributed by atoms with van der Waals surface area (Å²) in [7, 11) is -3.09. The van der Waals surface area contributed by atoms with Crippen LogP contribution in [0.3, 0.4) is 0 Å². The highest BCUT2D eigenvalue weighted by atomic mass is 32.2. The van der Waals surface area contributed by atoms with E-state index in [2.05, 4.69) is 9.62 Å². The molecule has 0 aliphatic carbocycles. The summed E-state index contributed by atoms with van der Waals surface area (Å²) in [6, 6.07) is 1.34. The Labute approximate surface area is 104 Å². The van der Waals surface area contributed by atoms with Gasteiger partial charge in [0, 0.05) is 31.2 Å². The highest BCUT2D eigenvalue weighted by molar-refractivity contribution is 7.89. The first kappa shape index (κ1) is 13.3. The van der Waals surface area contributed by atoms with Crippen molar-refractivity contribution in [2.75, 3.05) is 18.8 Å². The molecule has 0 aromatic carbocycles. The molecule has 2 aliphatic heterocycles. The third-order valence-electron chi connectivity index (χ3n) is 3.90. The van der Waals surface area contributed by atoms with Crippen LogP contribution in [0.4, 0.5) is 0 Å². The van der Waals surface area contributed by atoms with Crippen LogP contribution in [0.5, 0.6) is 0 Å². The second-order valence-corrected chi connectivity index (χ2v) is 7.10. The molecule has 2 fully saturated rings. The predicted octanol–water partition coefficient (Wildman–Crippen LogP) is -0.120. The Balaban J connectivity index is 1.88. The largest absolute Gasteiger partial charge is 0.328 e. The van der Waals surface area contributed by atoms with Gasteiger partial charge in [-0.25, -0.2) is 13.1 Å². The third kappa shape index (κ3) is 3.19. The molecule has 2 bridgehead atoms. The summed E-state index contributed by atoms with van der Waals surface area (Å²) < 4.78 is 25.8. The van der Waals surface area contributed by atoms with Crippen molar-refractivity contribution in [2.24, 2.45) is 5.73 Å². The Bertz CT molecular complexity index is 344. The van der Waals surface area contributed by atoms with Crippen molar-refractivity contribution in [3.63, 3.8) is 0 Å². The summed E-state index contributed by atoms with van der Waals surface area (Å²) >= 11 is 0. The molecule has 0 spiro atoms. The van der Waals surface area contributed by atoms with Crippen LogP contribution in [-0.4, -0.2) is 50.3 Å². The van der Waals surface area contributed by atoms with Crippen molar-refractivity contribution >= 4 is 10.0 Å². The maximum Gasteiger partial charge on any atom is 0.212 e. The Morgan fingerprint density at radius 2 is 1.88 bits per heavy atom. The summed E-state index contributed by atoms with van der Waals surface area (Å²) in [5.74, 6) is 0.211. The first-order chi connectivity index (χ1) is 8.02. The molecule has 2 heterocycles. The molecule has 100 valence electrons. The van der Waals surface area contributed by atoms with Gasteiger partial charge < -0.3 is 5.73 Å². The van der Waals surface area contributed by atoms with Crippen LogP contribution in [-0.2, 0) is 10.0 Å². The lowest BCUT2D eigenvalue weighted by Crippen LogP contribution is -2.49. The van der Waals surface area contributed by atoms with E-state index in [0.717, 1.165) is 12.8 Å². The summed E-state index contributed by atoms with van der Waals surface area (Å²) in [5, 5.41) is 0. The number of nitrogens with zero attached hydrogens (tertiary/aromatic N) is 1. The molecule has 3 N–H and O–H groups in total. The molecule has 2 saturated heterocycles. The number of rotatable bonds is 5. The van der Waals surface area contributed by atoms with Crippen LogP contribution >= 0.6 is 0 Å². The number of nitrogens with one attached hydrogen (secondary N) is 1. The number of fused-ring (bicyclic) bond motifs is 2. The first-order valence-corrected chi connectivity index (χ1v) is 8.15. The molecule has 0 amide bonds. The van der Waals surface area contributed by atoms with Crippen LogP contribution in [0, 0.1) is 0 Å². The minimum atomic E-state index is -3.09. The smallest absolute Gasteiger partial charge is 0.212 e. The zero-order valence-corrected chi connectivity index (χ0v) is 11.2. The molecule has 0 radical (unpaired) electrons. The maximum absolute atomic E-state index is 11.6. The van der Waals surface area contributed by atoms with Crippen molar-refractivity contribution < 1.29 is 8.42 Å². The summed E-state index contributed by atoms with van der Waals surface area (Å²) in [6.07, 6.45) is 4.41. The monoisotopic (exact) mass is 261 g/mol. The van der Waals surface area contributed by atoms with Crippen molar-refractivity contribution in [1.82, 2.24) is 9.62 Å². The number of sulfonamides is 1. The molecule has 2 rings (SSSR count). The normalized spacial score (nSPS) is 34.1. The Kier molecular flexibility index (Phi) is 4.07. The molecule has 0 aromatic rings. The van der Waals surface area contributed by atoms with E-state index in [1.54, 1.807) is 6.92 Å². The number of hydrogen-bond acceptors (Lipinski definition) is 4. The van der Waals surface area contributed by atoms with Crippen LogP contribution in [0.2, 0.25) is 0 Å². The van der Waals surface area contributed by atoms with E-state index in [0.29, 0.717) is 31.2 Å². The second kappa shape index (κ2) is 5.22. The van der Waals surface area contributed by atoms with Crippen LogP contribution in [0.1, 0.15) is 32.6 Å². The van der Waals surface area contributed by atoms with Crippen LogP contribution < -0.4 is 10.5 Å². The van der Waals surface area contributed by atoms with Gasteiger partial charge in [0.25, 0.3) is 0 Å². The molecule has 5 nitrogen and oxygen atoms in total. The lowest BCUT2D eigenvalue weighted by atomic mass is 9.98. The fourth-order valence-electron chi connectivity index (χ4n) is 3.20. The van der Waals surface area contributed by atoms with Gasteiger partial charge in [0.2, 0.25) is 10.0 Å². The van der Waals surface area contributed by atoms with Gasteiger partial charge in [-0.05, 0) is 25.7 Å². The lowest BCUT2D eigenvalue weighted by molar-refractivity contribution is 0.136. The van der Waals surface area contributed by atoms with E-state index < -0.39 is 10.0 Å². The lowest BCUT2D eigenvalue weighted by Gasteiger charge is -2.37. The summed E-state index contributed by atoms with van der Waals surface area (Å²) in [4.78, 5) is 2.36. The van der Waals surface area contributed by atoms with E-state index in [-0.39, 0.29) is 5.75 Å². The van der Waals surface area contributed by atoms with Crippen molar-refractivity contribution in [1.29, 1.82) is 0 Å². The molecule has 2 atom stereocenters. The SMILES string of the molecule is CCNS(=O)(=O)CCN1C2CCC1CC(N)C2. The topological polar surface area (TPSA) is 75.4 Å². The van der Waals surface area contributed by atoms with Gasteiger partial charge in [-0.3, -0.25) is 4.90 Å². The molecule has 0 aromatic heterocycles. The van der Waals surface area contributed by atoms with Crippen molar-refractivity contribution in [3.8, 4) is 0 Å². The molecule has 6 heteroatoms. The van der Waals surface area contributed by atoms with Gasteiger partial charge in [-0.2, -0.15) is 0 Å². The molecule has 2 aliphatic rings. The fourth-order valence-corrected chi connectivity index (χ4v) is 4.23. The van der Waals surface area contributed by atoms with Crippen LogP contribution in [0.25, 0.3) is 0 Å². The number of nitrogens with two attached hydrogens (primary N) is 1. The number of hydrogen-bond donors (Lipinski definition) is 2. The average molecular weight is 261 g/mol. The fraction of sp³-hybridized carbons (Fsp3) is 1.00. The van der Waals surface area contributed by atoms with Gasteiger partial charge in [-0.1, -0.05) is 6.92 Å². The maximum atomic E-state index is 11.6. The van der Waals surface area contributed by atoms with Crippen LogP contribution in [0.15, 0.2) is 0 Å². The minimum Gasteiger partial charge on any atom is -0.328 e. The van der Waals surface area contributed by atoms with E-state index in [4.69, 9.17) is 5.73 Å². The molecule has 17 heavy (non-hydrogen) atoms. The minimum absolute atomic E-state index is 0.211. The Hall–Kier alpha value is -0.170. The quantitative estimate of drug-likeness (QED) is 0.723. The number of piperidine rings is 1. The highest BCUT2D eigenvalue weighted by Crippen LogP contribution is 2.34. The van der Waals surface area contributed by atoms with E-state index in [1.165, 1.54) is 12.8 Å². The first-order valence-electron chi connectivity index (χ1n) is 6.50. The van der Waals surface area contributed by atoms with Gasteiger partial charge >= 0.3 is 0 Å². The van der Waals surface area contributed by atoms with Crippen molar-refractivity contribution in [3.05, 3.63) is 0 Å². The van der Waals surface area contributed by atoms with Gasteiger partial charge in [0.05, 0.1) is 5.75 Å². The third-order valence-corrected chi connectivity index (χ3v) is 5.35. The van der Waals surface area contributed by atoms with E-state index in [1.807, 2.05) is 0 Å². The average Bonchev–Trinajstić information content (AvgIpc) is 2.47. The standard InChI is InChI=1S/C11H23N3O2S/c1-2-13-17(15,16)6-5-14-10-3-4-11(14)8-9(12)7-10/h9-11,13H,2-8,12H2,1H3. The molecule has 2 unspecified atom stereocenters. The van der Waals surface area contributed by atoms with E-state index >= 15 is 0 Å². The molecular weight excluding hydrogens is 238 g/mol. The predicted molar refractivity (Wildman–Crippen MR) is 68.2 cm³/mol. The Morgan fingerprint density at radius 3 is 2.41 bits per heavy atom. The zero-order valence-electron chi connectivity index (χ0n) is 10.4. The van der Waals surface area contributed by atoms with Crippen molar-refractivity contribution in [2.45, 2.75) is 50.7 Å². The molecular formula is C11H23N3O2S. The zero-order chi connectivity index (χ0) is 12.5. The van der Waals surface area contributed by atoms with Gasteiger partial charge in [0.1, 0.15) is 0 Å². The Morgan fingerprint density at radius 1 is 1.29 bits per heavy atom. The summed E-state index contributed by atoms with van der Waals surface area (Å²) in [5.41, 5.74) is 5.99. The van der Waals surface area contributed by atoms with E-state index in [9.17, 15) is 8.42 Å².